The van der Waals surface area contributed by atoms with Crippen molar-refractivity contribution in [2.75, 3.05) is 46.1 Å². The van der Waals surface area contributed by atoms with Crippen LogP contribution >= 0.6 is 0 Å². The summed E-state index contributed by atoms with van der Waals surface area (Å²) >= 11 is 0. The van der Waals surface area contributed by atoms with Crippen molar-refractivity contribution in [2.24, 2.45) is 5.92 Å². The van der Waals surface area contributed by atoms with Gasteiger partial charge < -0.3 is 14.6 Å². The molecule has 0 radical (unpaired) electrons. The molecule has 1 fully saturated rings. The molecule has 0 aromatic heterocycles. The molecular weight excluding hydrogens is 326 g/mol. The fourth-order valence-electron chi connectivity index (χ4n) is 3.68. The minimum absolute atomic E-state index is 0.0784. The Morgan fingerprint density at radius 3 is 2.04 bits per heavy atom. The first kappa shape index (κ1) is 19.1. The fourth-order valence-corrected chi connectivity index (χ4v) is 3.68. The summed E-state index contributed by atoms with van der Waals surface area (Å²) in [4.78, 5) is 2.37. The van der Waals surface area contributed by atoms with Crippen LogP contribution in [-0.4, -0.2) is 56.1 Å². The highest BCUT2D eigenvalue weighted by Gasteiger charge is 2.41. The molecule has 1 aliphatic rings. The van der Waals surface area contributed by atoms with E-state index in [2.05, 4.69) is 4.90 Å². The molecule has 3 rings (SSSR count). The Bertz CT molecular complexity index is 601. The number of hydrogen-bond donors (Lipinski definition) is 1. The Kier molecular flexibility index (Phi) is 6.80. The van der Waals surface area contributed by atoms with Gasteiger partial charge in [0.05, 0.1) is 19.8 Å². The maximum Gasteiger partial charge on any atom is 0.121 e. The van der Waals surface area contributed by atoms with Crippen molar-refractivity contribution in [3.8, 4) is 0 Å². The molecule has 2 aromatic rings. The third-order valence-corrected chi connectivity index (χ3v) is 5.12. The topological polar surface area (TPSA) is 41.9 Å². The van der Waals surface area contributed by atoms with Crippen LogP contribution in [0.2, 0.25) is 0 Å². The largest absolute Gasteiger partial charge is 0.381 e. The van der Waals surface area contributed by atoms with E-state index in [9.17, 15) is 5.11 Å². The first-order chi connectivity index (χ1) is 12.7. The van der Waals surface area contributed by atoms with Gasteiger partial charge in [-0.1, -0.05) is 60.7 Å². The zero-order valence-corrected chi connectivity index (χ0v) is 15.5. The summed E-state index contributed by atoms with van der Waals surface area (Å²) in [5, 5.41) is 12.0. The Morgan fingerprint density at radius 1 is 1.00 bits per heavy atom. The maximum atomic E-state index is 12.0. The molecule has 0 bridgehead atoms. The van der Waals surface area contributed by atoms with Crippen LogP contribution in [0.15, 0.2) is 60.7 Å². The lowest BCUT2D eigenvalue weighted by Gasteiger charge is -2.40. The van der Waals surface area contributed by atoms with E-state index in [1.54, 1.807) is 0 Å². The molecule has 1 aliphatic heterocycles. The quantitative estimate of drug-likeness (QED) is 0.791. The molecule has 26 heavy (non-hydrogen) atoms. The predicted octanol–water partition coefficient (Wildman–Crippen LogP) is 2.91. The van der Waals surface area contributed by atoms with Gasteiger partial charge >= 0.3 is 0 Å². The van der Waals surface area contributed by atoms with Gasteiger partial charge in [-0.15, -0.1) is 0 Å². The number of ether oxygens (including phenoxy) is 2. The molecule has 140 valence electrons. The summed E-state index contributed by atoms with van der Waals surface area (Å²) in [6, 6.07) is 19.9. The van der Waals surface area contributed by atoms with E-state index in [1.807, 2.05) is 67.6 Å². The summed E-state index contributed by atoms with van der Waals surface area (Å²) < 4.78 is 11.3. The molecule has 0 amide bonds. The van der Waals surface area contributed by atoms with Crippen molar-refractivity contribution >= 4 is 0 Å². The number of rotatable bonds is 8. The molecule has 2 aromatic carbocycles. The highest BCUT2D eigenvalue weighted by molar-refractivity contribution is 5.37. The summed E-state index contributed by atoms with van der Waals surface area (Å²) in [5.74, 6) is -0.0784. The van der Waals surface area contributed by atoms with E-state index in [-0.39, 0.29) is 5.92 Å². The average molecular weight is 355 g/mol. The Hall–Kier alpha value is -1.72. The lowest BCUT2D eigenvalue weighted by atomic mass is 9.76. The monoisotopic (exact) mass is 355 g/mol. The van der Waals surface area contributed by atoms with Gasteiger partial charge in [-0.2, -0.15) is 0 Å². The molecule has 0 aliphatic carbocycles. The second-order valence-electron chi connectivity index (χ2n) is 6.77. The third-order valence-electron chi connectivity index (χ3n) is 5.12. The van der Waals surface area contributed by atoms with E-state index in [0.717, 1.165) is 44.0 Å². The lowest BCUT2D eigenvalue weighted by Crippen LogP contribution is -2.48. The summed E-state index contributed by atoms with van der Waals surface area (Å²) in [6.45, 7) is 7.18. The standard InChI is InChI=1S/C22H29NO3/c1-2-25-18-21(17-23-13-15-26-16-14-23)22(24,19-9-5-3-6-10-19)20-11-7-4-8-12-20/h3-12,21,24H,2,13-18H2,1H3. The Morgan fingerprint density at radius 2 is 1.54 bits per heavy atom. The highest BCUT2D eigenvalue weighted by Crippen LogP contribution is 2.37. The van der Waals surface area contributed by atoms with Crippen LogP contribution in [0.1, 0.15) is 18.1 Å². The normalized spacial score (nSPS) is 17.2. The van der Waals surface area contributed by atoms with E-state index in [0.29, 0.717) is 13.2 Å². The highest BCUT2D eigenvalue weighted by atomic mass is 16.5. The molecule has 1 saturated heterocycles. The molecule has 1 N–H and O–H groups in total. The van der Waals surface area contributed by atoms with Gasteiger partial charge in [0.1, 0.15) is 5.60 Å². The van der Waals surface area contributed by atoms with Gasteiger partial charge in [0.2, 0.25) is 0 Å². The Balaban J connectivity index is 1.97. The van der Waals surface area contributed by atoms with E-state index in [1.165, 1.54) is 0 Å². The van der Waals surface area contributed by atoms with Crippen molar-refractivity contribution in [3.05, 3.63) is 71.8 Å². The number of benzene rings is 2. The number of morpholine rings is 1. The molecular formula is C22H29NO3. The van der Waals surface area contributed by atoms with Gasteiger partial charge in [-0.05, 0) is 18.1 Å². The lowest BCUT2D eigenvalue weighted by molar-refractivity contribution is -0.0549. The van der Waals surface area contributed by atoms with Gasteiger partial charge in [0, 0.05) is 32.2 Å². The molecule has 0 spiro atoms. The molecule has 0 saturated carbocycles. The molecule has 4 heteroatoms. The first-order valence-electron chi connectivity index (χ1n) is 9.46. The third kappa shape index (κ3) is 4.33. The first-order valence-corrected chi connectivity index (χ1v) is 9.46. The average Bonchev–Trinajstić information content (AvgIpc) is 2.72. The second-order valence-corrected chi connectivity index (χ2v) is 6.77. The van der Waals surface area contributed by atoms with Crippen LogP contribution in [0.3, 0.4) is 0 Å². The SMILES string of the molecule is CCOCC(CN1CCOCC1)C(O)(c1ccccc1)c1ccccc1. The summed E-state index contributed by atoms with van der Waals surface area (Å²) in [6.07, 6.45) is 0. The van der Waals surface area contributed by atoms with Crippen LogP contribution in [-0.2, 0) is 15.1 Å². The number of nitrogens with zero attached hydrogens (tertiary/aromatic N) is 1. The van der Waals surface area contributed by atoms with Crippen molar-refractivity contribution in [2.45, 2.75) is 12.5 Å². The van der Waals surface area contributed by atoms with Crippen LogP contribution in [0.4, 0.5) is 0 Å². The van der Waals surface area contributed by atoms with E-state index >= 15 is 0 Å². The van der Waals surface area contributed by atoms with Gasteiger partial charge in [0.25, 0.3) is 0 Å². The van der Waals surface area contributed by atoms with Crippen molar-refractivity contribution < 1.29 is 14.6 Å². The Labute approximate surface area is 156 Å². The van der Waals surface area contributed by atoms with Crippen molar-refractivity contribution in [1.29, 1.82) is 0 Å². The number of hydrogen-bond acceptors (Lipinski definition) is 4. The van der Waals surface area contributed by atoms with Crippen LogP contribution in [0, 0.1) is 5.92 Å². The smallest absolute Gasteiger partial charge is 0.121 e. The van der Waals surface area contributed by atoms with E-state index in [4.69, 9.17) is 9.47 Å². The van der Waals surface area contributed by atoms with Crippen LogP contribution in [0.5, 0.6) is 0 Å². The fraction of sp³-hybridized carbons (Fsp3) is 0.455. The van der Waals surface area contributed by atoms with E-state index < -0.39 is 5.60 Å². The minimum Gasteiger partial charge on any atom is -0.381 e. The molecule has 1 heterocycles. The maximum absolute atomic E-state index is 12.0. The van der Waals surface area contributed by atoms with Gasteiger partial charge in [-0.3, -0.25) is 4.90 Å². The van der Waals surface area contributed by atoms with Crippen molar-refractivity contribution in [1.82, 2.24) is 4.90 Å². The second kappa shape index (κ2) is 9.28. The zero-order valence-electron chi connectivity index (χ0n) is 15.5. The molecule has 1 unspecified atom stereocenters. The predicted molar refractivity (Wildman–Crippen MR) is 103 cm³/mol. The van der Waals surface area contributed by atoms with Gasteiger partial charge in [0.15, 0.2) is 0 Å². The van der Waals surface area contributed by atoms with Crippen LogP contribution < -0.4 is 0 Å². The van der Waals surface area contributed by atoms with Gasteiger partial charge in [-0.25, -0.2) is 0 Å². The number of aliphatic hydroxyl groups is 1. The summed E-state index contributed by atoms with van der Waals surface area (Å²) in [7, 11) is 0. The molecule has 4 nitrogen and oxygen atoms in total. The van der Waals surface area contributed by atoms with Crippen molar-refractivity contribution in [3.63, 3.8) is 0 Å². The zero-order chi connectivity index (χ0) is 18.2. The summed E-state index contributed by atoms with van der Waals surface area (Å²) in [5.41, 5.74) is 0.712. The minimum atomic E-state index is -1.10. The van der Waals surface area contributed by atoms with Crippen LogP contribution in [0.25, 0.3) is 0 Å². The molecule has 1 atom stereocenters.